The van der Waals surface area contributed by atoms with Crippen LogP contribution in [0.4, 0.5) is 11.4 Å². The van der Waals surface area contributed by atoms with Crippen LogP contribution in [0, 0.1) is 0 Å². The van der Waals surface area contributed by atoms with Crippen LogP contribution in [-0.4, -0.2) is 29.9 Å². The van der Waals surface area contributed by atoms with E-state index in [1.54, 1.807) is 4.90 Å². The molecule has 0 radical (unpaired) electrons. The summed E-state index contributed by atoms with van der Waals surface area (Å²) in [4.78, 5) is 26.1. The fourth-order valence-corrected chi connectivity index (χ4v) is 3.13. The number of nitrogens with one attached hydrogen (secondary N) is 1. The molecule has 4 nitrogen and oxygen atoms in total. The molecule has 2 rings (SSSR count). The third kappa shape index (κ3) is 5.94. The predicted molar refractivity (Wildman–Crippen MR) is 106 cm³/mol. The molecule has 2 aromatic rings. The number of amides is 2. The van der Waals surface area contributed by atoms with Crippen molar-refractivity contribution in [2.45, 2.75) is 20.3 Å². The smallest absolute Gasteiger partial charge is 0.236 e. The van der Waals surface area contributed by atoms with Crippen LogP contribution in [0.25, 0.3) is 0 Å². The van der Waals surface area contributed by atoms with E-state index in [9.17, 15) is 9.59 Å². The normalized spacial score (nSPS) is 10.3. The summed E-state index contributed by atoms with van der Waals surface area (Å²) in [7, 11) is 0. The van der Waals surface area contributed by atoms with Gasteiger partial charge >= 0.3 is 0 Å². The van der Waals surface area contributed by atoms with Crippen LogP contribution in [0.2, 0.25) is 0 Å². The van der Waals surface area contributed by atoms with E-state index in [1.807, 2.05) is 61.5 Å². The van der Waals surface area contributed by atoms with Crippen molar-refractivity contribution >= 4 is 35.0 Å². The van der Waals surface area contributed by atoms with Crippen LogP contribution in [0.15, 0.2) is 54.6 Å². The lowest BCUT2D eigenvalue weighted by molar-refractivity contribution is -0.116. The molecular formula is C20H24N2O2S. The van der Waals surface area contributed by atoms with Gasteiger partial charge in [-0.1, -0.05) is 37.3 Å². The number of carbonyl (C=O) groups is 2. The van der Waals surface area contributed by atoms with Gasteiger partial charge in [-0.2, -0.15) is 0 Å². The van der Waals surface area contributed by atoms with Crippen molar-refractivity contribution in [3.63, 3.8) is 0 Å². The minimum Gasteiger partial charge on any atom is -0.325 e. The molecular weight excluding hydrogens is 332 g/mol. The summed E-state index contributed by atoms with van der Waals surface area (Å²) < 4.78 is 0. The summed E-state index contributed by atoms with van der Waals surface area (Å²) in [5.74, 6) is 0.460. The molecule has 0 saturated heterocycles. The second-order valence-corrected chi connectivity index (χ2v) is 6.55. The Hall–Kier alpha value is -2.27. The average Bonchev–Trinajstić information content (AvgIpc) is 2.64. The van der Waals surface area contributed by atoms with E-state index in [0.29, 0.717) is 6.54 Å². The number of hydrogen-bond acceptors (Lipinski definition) is 3. The third-order valence-electron chi connectivity index (χ3n) is 3.79. The van der Waals surface area contributed by atoms with Gasteiger partial charge in [0.1, 0.15) is 0 Å². The molecule has 0 heterocycles. The highest BCUT2D eigenvalue weighted by molar-refractivity contribution is 8.00. The lowest BCUT2D eigenvalue weighted by atomic mass is 10.1. The molecule has 132 valence electrons. The number of aryl methyl sites for hydroxylation is 1. The molecule has 25 heavy (non-hydrogen) atoms. The Labute approximate surface area is 153 Å². The first-order chi connectivity index (χ1) is 12.1. The zero-order valence-electron chi connectivity index (χ0n) is 14.7. The Morgan fingerprint density at radius 1 is 0.960 bits per heavy atom. The van der Waals surface area contributed by atoms with E-state index in [1.165, 1.54) is 17.3 Å². The van der Waals surface area contributed by atoms with Crippen molar-refractivity contribution in [1.29, 1.82) is 0 Å². The summed E-state index contributed by atoms with van der Waals surface area (Å²) in [6.45, 7) is 4.65. The van der Waals surface area contributed by atoms with E-state index in [-0.39, 0.29) is 23.3 Å². The molecule has 2 amide bonds. The number of nitrogens with zero attached hydrogens (tertiary/aromatic N) is 1. The van der Waals surface area contributed by atoms with Crippen molar-refractivity contribution in [2.75, 3.05) is 28.3 Å². The van der Waals surface area contributed by atoms with Crippen LogP contribution in [-0.2, 0) is 16.0 Å². The molecule has 1 N–H and O–H groups in total. The highest BCUT2D eigenvalue weighted by Gasteiger charge is 2.14. The molecule has 0 aliphatic rings. The first kappa shape index (κ1) is 19.1. The Bertz CT molecular complexity index is 687. The highest BCUT2D eigenvalue weighted by atomic mass is 32.2. The van der Waals surface area contributed by atoms with E-state index in [0.717, 1.165) is 17.8 Å². The SMILES string of the molecule is CCc1ccc(NC(=O)CSCC(=O)N(CC)c2ccccc2)cc1. The second-order valence-electron chi connectivity index (χ2n) is 5.56. The lowest BCUT2D eigenvalue weighted by Crippen LogP contribution is -2.32. The minimum atomic E-state index is -0.0928. The van der Waals surface area contributed by atoms with Gasteiger partial charge in [-0.25, -0.2) is 0 Å². The molecule has 0 aliphatic heterocycles. The summed E-state index contributed by atoms with van der Waals surface area (Å²) in [5.41, 5.74) is 2.91. The van der Waals surface area contributed by atoms with Gasteiger partial charge in [0, 0.05) is 17.9 Å². The van der Waals surface area contributed by atoms with Gasteiger partial charge in [0.05, 0.1) is 11.5 Å². The lowest BCUT2D eigenvalue weighted by Gasteiger charge is -2.20. The summed E-state index contributed by atoms with van der Waals surface area (Å²) in [6.07, 6.45) is 0.974. The topological polar surface area (TPSA) is 49.4 Å². The summed E-state index contributed by atoms with van der Waals surface area (Å²) in [6, 6.07) is 17.4. The maximum atomic E-state index is 12.4. The number of thioether (sulfide) groups is 1. The Balaban J connectivity index is 1.78. The molecule has 0 spiro atoms. The quantitative estimate of drug-likeness (QED) is 0.778. The van der Waals surface area contributed by atoms with Crippen molar-refractivity contribution in [3.05, 3.63) is 60.2 Å². The molecule has 0 bridgehead atoms. The fourth-order valence-electron chi connectivity index (χ4n) is 2.44. The Morgan fingerprint density at radius 3 is 2.24 bits per heavy atom. The standard InChI is InChI=1S/C20H24N2O2S/c1-3-16-10-12-17(13-11-16)21-19(23)14-25-15-20(24)22(4-2)18-8-6-5-7-9-18/h5-13H,3-4,14-15H2,1-2H3,(H,21,23). The van der Waals surface area contributed by atoms with Crippen LogP contribution in [0.3, 0.4) is 0 Å². The van der Waals surface area contributed by atoms with Gasteiger partial charge < -0.3 is 10.2 Å². The van der Waals surface area contributed by atoms with Crippen LogP contribution in [0.5, 0.6) is 0 Å². The largest absolute Gasteiger partial charge is 0.325 e. The molecule has 0 fully saturated rings. The van der Waals surface area contributed by atoms with E-state index < -0.39 is 0 Å². The van der Waals surface area contributed by atoms with Crippen molar-refractivity contribution in [3.8, 4) is 0 Å². The van der Waals surface area contributed by atoms with Crippen molar-refractivity contribution in [1.82, 2.24) is 0 Å². The number of rotatable bonds is 8. The number of carbonyl (C=O) groups excluding carboxylic acids is 2. The average molecular weight is 356 g/mol. The zero-order valence-corrected chi connectivity index (χ0v) is 15.5. The van der Waals surface area contributed by atoms with E-state index in [4.69, 9.17) is 0 Å². The zero-order chi connectivity index (χ0) is 18.1. The van der Waals surface area contributed by atoms with E-state index in [2.05, 4.69) is 12.2 Å². The molecule has 2 aromatic carbocycles. The maximum Gasteiger partial charge on any atom is 0.236 e. The number of anilines is 2. The second kappa shape index (κ2) is 9.89. The first-order valence-electron chi connectivity index (χ1n) is 8.46. The third-order valence-corrected chi connectivity index (χ3v) is 4.71. The molecule has 0 aliphatic carbocycles. The number of hydrogen-bond donors (Lipinski definition) is 1. The van der Waals surface area contributed by atoms with Gasteiger partial charge in [-0.15, -0.1) is 11.8 Å². The van der Waals surface area contributed by atoms with Crippen molar-refractivity contribution in [2.24, 2.45) is 0 Å². The predicted octanol–water partition coefficient (Wildman–Crippen LogP) is 3.97. The van der Waals surface area contributed by atoms with E-state index >= 15 is 0 Å². The van der Waals surface area contributed by atoms with Gasteiger partial charge in [0.2, 0.25) is 11.8 Å². The minimum absolute atomic E-state index is 0.0128. The van der Waals surface area contributed by atoms with Gasteiger partial charge in [-0.3, -0.25) is 9.59 Å². The molecule has 0 aromatic heterocycles. The van der Waals surface area contributed by atoms with Crippen LogP contribution >= 0.6 is 11.8 Å². The fraction of sp³-hybridized carbons (Fsp3) is 0.300. The molecule has 0 unspecified atom stereocenters. The maximum absolute atomic E-state index is 12.4. The number of benzene rings is 2. The first-order valence-corrected chi connectivity index (χ1v) is 9.61. The van der Waals surface area contributed by atoms with Crippen molar-refractivity contribution < 1.29 is 9.59 Å². The van der Waals surface area contributed by atoms with Crippen LogP contribution in [0.1, 0.15) is 19.4 Å². The van der Waals surface area contributed by atoms with Gasteiger partial charge in [0.15, 0.2) is 0 Å². The highest BCUT2D eigenvalue weighted by Crippen LogP contribution is 2.15. The Morgan fingerprint density at radius 2 is 1.64 bits per heavy atom. The van der Waals surface area contributed by atoms with Gasteiger partial charge in [0.25, 0.3) is 0 Å². The number of para-hydroxylation sites is 1. The Kier molecular flexibility index (Phi) is 7.54. The molecule has 5 heteroatoms. The monoisotopic (exact) mass is 356 g/mol. The molecule has 0 saturated carbocycles. The van der Waals surface area contributed by atoms with Gasteiger partial charge in [-0.05, 0) is 43.2 Å². The van der Waals surface area contributed by atoms with Crippen LogP contribution < -0.4 is 10.2 Å². The molecule has 0 atom stereocenters. The summed E-state index contributed by atoms with van der Waals surface area (Å²) in [5, 5.41) is 2.86. The summed E-state index contributed by atoms with van der Waals surface area (Å²) >= 11 is 1.33.